The summed E-state index contributed by atoms with van der Waals surface area (Å²) in [6.07, 6.45) is 0. The van der Waals surface area contributed by atoms with Crippen LogP contribution in [0.2, 0.25) is 0 Å². The lowest BCUT2D eigenvalue weighted by Gasteiger charge is -2.26. The molecule has 0 aliphatic carbocycles. The summed E-state index contributed by atoms with van der Waals surface area (Å²) in [7, 11) is 2.15. The van der Waals surface area contributed by atoms with Crippen LogP contribution >= 0.6 is 0 Å². The number of fused-ring (bicyclic) bond motifs is 5. The summed E-state index contributed by atoms with van der Waals surface area (Å²) in [6.45, 7) is 0. The van der Waals surface area contributed by atoms with Crippen molar-refractivity contribution in [3.8, 4) is 33.4 Å². The Morgan fingerprint density at radius 2 is 0.774 bits per heavy atom. The van der Waals surface area contributed by atoms with Crippen LogP contribution in [0.1, 0.15) is 0 Å². The second-order valence-electron chi connectivity index (χ2n) is 13.8. The van der Waals surface area contributed by atoms with Crippen molar-refractivity contribution in [1.82, 2.24) is 4.57 Å². The van der Waals surface area contributed by atoms with Crippen LogP contribution in [0.15, 0.2) is 200 Å². The average molecular weight is 677 g/mol. The van der Waals surface area contributed by atoms with Crippen LogP contribution in [0.3, 0.4) is 0 Å². The van der Waals surface area contributed by atoms with Crippen molar-refractivity contribution in [1.29, 1.82) is 0 Å². The molecule has 0 aliphatic heterocycles. The lowest BCUT2D eigenvalue weighted by atomic mass is 9.85. The fraction of sp³-hybridized carbons (Fsp3) is 0.0196. The van der Waals surface area contributed by atoms with Gasteiger partial charge in [0.25, 0.3) is 0 Å². The maximum absolute atomic E-state index is 2.40. The molecule has 0 spiro atoms. The minimum atomic E-state index is 1.11. The van der Waals surface area contributed by atoms with E-state index in [1.807, 2.05) is 0 Å². The van der Waals surface area contributed by atoms with Gasteiger partial charge in [-0.2, -0.15) is 0 Å². The normalized spacial score (nSPS) is 11.5. The Kier molecular flexibility index (Phi) is 7.40. The van der Waals surface area contributed by atoms with Gasteiger partial charge < -0.3 is 9.47 Å². The van der Waals surface area contributed by atoms with E-state index in [2.05, 4.69) is 217 Å². The highest BCUT2D eigenvalue weighted by atomic mass is 15.1. The molecule has 0 aliphatic rings. The predicted octanol–water partition coefficient (Wildman–Crippen LogP) is 14.1. The Morgan fingerprint density at radius 3 is 1.43 bits per heavy atom. The number of para-hydroxylation sites is 2. The van der Waals surface area contributed by atoms with Crippen molar-refractivity contribution < 1.29 is 0 Å². The second kappa shape index (κ2) is 12.7. The number of anilines is 3. The monoisotopic (exact) mass is 676 g/mol. The molecule has 0 atom stereocenters. The lowest BCUT2D eigenvalue weighted by molar-refractivity contribution is 1.01. The van der Waals surface area contributed by atoms with E-state index in [1.165, 1.54) is 76.7 Å². The number of rotatable bonds is 6. The molecule has 0 saturated heterocycles. The van der Waals surface area contributed by atoms with Gasteiger partial charge in [-0.05, 0) is 110 Å². The molecular weight excluding hydrogens is 641 g/mol. The third-order valence-electron chi connectivity index (χ3n) is 10.8. The average Bonchev–Trinajstić information content (AvgIpc) is 3.51. The molecule has 10 aromatic rings. The second-order valence-corrected chi connectivity index (χ2v) is 13.8. The van der Waals surface area contributed by atoms with Crippen LogP contribution in [0.4, 0.5) is 17.1 Å². The van der Waals surface area contributed by atoms with E-state index in [-0.39, 0.29) is 0 Å². The molecule has 250 valence electrons. The van der Waals surface area contributed by atoms with Crippen LogP contribution < -0.4 is 4.90 Å². The quantitative estimate of drug-likeness (QED) is 0.159. The minimum absolute atomic E-state index is 1.11. The van der Waals surface area contributed by atoms with Gasteiger partial charge in [-0.3, -0.25) is 0 Å². The SMILES string of the molecule is Cn1c2ccccc2c2cc(N(c3ccccc3)c3ccc(-c4ccc5c(-c6ccccc6)c6ccccc6c(-c6ccccc6)c5c4)cc3)ccc21. The Morgan fingerprint density at radius 1 is 0.302 bits per heavy atom. The maximum atomic E-state index is 2.40. The summed E-state index contributed by atoms with van der Waals surface area (Å²) in [5.41, 5.74) is 13.2. The molecule has 10 rings (SSSR count). The van der Waals surface area contributed by atoms with Crippen LogP contribution in [0, 0.1) is 0 Å². The Balaban J connectivity index is 1.13. The number of hydrogen-bond acceptors (Lipinski definition) is 1. The van der Waals surface area contributed by atoms with E-state index in [9.17, 15) is 0 Å². The molecular formula is C51H36N2. The maximum Gasteiger partial charge on any atom is 0.0490 e. The van der Waals surface area contributed by atoms with Gasteiger partial charge in [0.1, 0.15) is 0 Å². The van der Waals surface area contributed by atoms with E-state index < -0.39 is 0 Å². The third-order valence-corrected chi connectivity index (χ3v) is 10.8. The lowest BCUT2D eigenvalue weighted by Crippen LogP contribution is -2.09. The summed E-state index contributed by atoms with van der Waals surface area (Å²) < 4.78 is 2.29. The Bertz CT molecular complexity index is 2920. The highest BCUT2D eigenvalue weighted by molar-refractivity contribution is 6.22. The Labute approximate surface area is 309 Å². The molecule has 0 fully saturated rings. The topological polar surface area (TPSA) is 8.17 Å². The fourth-order valence-corrected chi connectivity index (χ4v) is 8.31. The van der Waals surface area contributed by atoms with Crippen molar-refractivity contribution in [2.24, 2.45) is 7.05 Å². The summed E-state index contributed by atoms with van der Waals surface area (Å²) in [4.78, 5) is 2.36. The van der Waals surface area contributed by atoms with Gasteiger partial charge in [0, 0.05) is 45.9 Å². The molecule has 0 amide bonds. The van der Waals surface area contributed by atoms with Gasteiger partial charge in [0.2, 0.25) is 0 Å². The van der Waals surface area contributed by atoms with Crippen molar-refractivity contribution >= 4 is 60.4 Å². The zero-order valence-corrected chi connectivity index (χ0v) is 29.4. The zero-order valence-electron chi connectivity index (χ0n) is 29.4. The van der Waals surface area contributed by atoms with Gasteiger partial charge in [-0.1, -0.05) is 146 Å². The first-order chi connectivity index (χ1) is 26.2. The van der Waals surface area contributed by atoms with Crippen molar-refractivity contribution in [2.75, 3.05) is 4.90 Å². The number of benzene rings is 9. The molecule has 0 bridgehead atoms. The van der Waals surface area contributed by atoms with Gasteiger partial charge in [-0.15, -0.1) is 0 Å². The highest BCUT2D eigenvalue weighted by Crippen LogP contribution is 2.45. The predicted molar refractivity (Wildman–Crippen MR) is 226 cm³/mol. The first-order valence-corrected chi connectivity index (χ1v) is 18.2. The minimum Gasteiger partial charge on any atom is -0.344 e. The fourth-order valence-electron chi connectivity index (χ4n) is 8.31. The van der Waals surface area contributed by atoms with Gasteiger partial charge in [-0.25, -0.2) is 0 Å². The number of aromatic nitrogens is 1. The largest absolute Gasteiger partial charge is 0.344 e. The highest BCUT2D eigenvalue weighted by Gasteiger charge is 2.19. The molecule has 0 unspecified atom stereocenters. The molecule has 1 aromatic heterocycles. The van der Waals surface area contributed by atoms with E-state index in [0.717, 1.165) is 17.1 Å². The molecule has 2 nitrogen and oxygen atoms in total. The van der Waals surface area contributed by atoms with E-state index >= 15 is 0 Å². The first-order valence-electron chi connectivity index (χ1n) is 18.2. The number of hydrogen-bond donors (Lipinski definition) is 0. The van der Waals surface area contributed by atoms with Gasteiger partial charge in [0.05, 0.1) is 0 Å². The molecule has 0 saturated carbocycles. The van der Waals surface area contributed by atoms with E-state index in [0.29, 0.717) is 0 Å². The zero-order chi connectivity index (χ0) is 35.3. The first kappa shape index (κ1) is 30.9. The van der Waals surface area contributed by atoms with Crippen LogP contribution in [0.5, 0.6) is 0 Å². The molecule has 2 heteroatoms. The van der Waals surface area contributed by atoms with Crippen molar-refractivity contribution in [2.45, 2.75) is 0 Å². The van der Waals surface area contributed by atoms with E-state index in [1.54, 1.807) is 0 Å². The summed E-state index contributed by atoms with van der Waals surface area (Å²) in [6, 6.07) is 72.8. The van der Waals surface area contributed by atoms with Crippen LogP contribution in [-0.4, -0.2) is 4.57 Å². The van der Waals surface area contributed by atoms with Gasteiger partial charge >= 0.3 is 0 Å². The molecule has 1 heterocycles. The standard InChI is InChI=1S/C51H36N2/c1-52-48-24-14-13-21-42(48)46-34-41(30-32-49(46)52)53(39-19-9-4-10-20-39)40-28-25-35(26-29-40)38-27-31-45-47(33-38)51(37-17-7-3-8-18-37)44-23-12-11-22-43(44)50(45)36-15-5-2-6-16-36/h2-34H,1H3. The Hall–Kier alpha value is -6.90. The van der Waals surface area contributed by atoms with Crippen LogP contribution in [0.25, 0.3) is 76.7 Å². The summed E-state index contributed by atoms with van der Waals surface area (Å²) in [5, 5.41) is 7.57. The van der Waals surface area contributed by atoms with Crippen molar-refractivity contribution in [3.05, 3.63) is 200 Å². The third kappa shape index (κ3) is 5.19. The van der Waals surface area contributed by atoms with E-state index in [4.69, 9.17) is 0 Å². The number of nitrogens with zero attached hydrogens (tertiary/aromatic N) is 2. The summed E-state index contributed by atoms with van der Waals surface area (Å²) in [5.74, 6) is 0. The summed E-state index contributed by atoms with van der Waals surface area (Å²) >= 11 is 0. The molecule has 0 radical (unpaired) electrons. The smallest absolute Gasteiger partial charge is 0.0490 e. The molecule has 0 N–H and O–H groups in total. The number of aryl methyl sites for hydroxylation is 1. The molecule has 9 aromatic carbocycles. The van der Waals surface area contributed by atoms with Crippen LogP contribution in [-0.2, 0) is 7.05 Å². The van der Waals surface area contributed by atoms with Crippen molar-refractivity contribution in [3.63, 3.8) is 0 Å². The van der Waals surface area contributed by atoms with Gasteiger partial charge in [0.15, 0.2) is 0 Å². The molecule has 53 heavy (non-hydrogen) atoms.